The Morgan fingerprint density at radius 3 is 2.84 bits per heavy atom. The maximum absolute atomic E-state index is 10.2. The molecule has 1 aromatic carbocycles. The Balaban J connectivity index is 1.80. The van der Waals surface area contributed by atoms with Gasteiger partial charge in [0, 0.05) is 17.3 Å². The third-order valence-corrected chi connectivity index (χ3v) is 5.46. The fourth-order valence-corrected chi connectivity index (χ4v) is 4.12. The van der Waals surface area contributed by atoms with Crippen LogP contribution < -0.4 is 5.32 Å². The van der Waals surface area contributed by atoms with Gasteiger partial charge < -0.3 is 10.4 Å². The Morgan fingerprint density at radius 2 is 2.11 bits per heavy atom. The summed E-state index contributed by atoms with van der Waals surface area (Å²) in [5, 5.41) is 13.8. The van der Waals surface area contributed by atoms with Crippen molar-refractivity contribution in [3.05, 3.63) is 56.2 Å². The van der Waals surface area contributed by atoms with Crippen LogP contribution in [0.15, 0.2) is 40.2 Å². The second kappa shape index (κ2) is 5.37. The minimum absolute atomic E-state index is 0.0343. The molecule has 1 aromatic heterocycles. The zero-order valence-corrected chi connectivity index (χ0v) is 13.0. The predicted octanol–water partition coefficient (Wildman–Crippen LogP) is 3.82. The average molecular weight is 338 g/mol. The monoisotopic (exact) mass is 337 g/mol. The van der Waals surface area contributed by atoms with Crippen molar-refractivity contribution < 1.29 is 5.11 Å². The maximum atomic E-state index is 10.2. The number of benzene rings is 1. The van der Waals surface area contributed by atoms with Gasteiger partial charge in [0.05, 0.1) is 15.9 Å². The van der Waals surface area contributed by atoms with Gasteiger partial charge in [-0.05, 0) is 46.1 Å². The summed E-state index contributed by atoms with van der Waals surface area (Å²) in [7, 11) is 0. The zero-order valence-electron chi connectivity index (χ0n) is 10.6. The summed E-state index contributed by atoms with van der Waals surface area (Å²) in [6.45, 7) is 2.14. The van der Waals surface area contributed by atoms with Crippen LogP contribution >= 0.6 is 27.3 Å². The van der Waals surface area contributed by atoms with E-state index in [4.69, 9.17) is 0 Å². The first kappa shape index (κ1) is 13.3. The number of hydrogen-bond donors (Lipinski definition) is 2. The highest BCUT2D eigenvalue weighted by Gasteiger charge is 2.31. The van der Waals surface area contributed by atoms with Crippen LogP contribution in [-0.4, -0.2) is 11.2 Å². The van der Waals surface area contributed by atoms with Gasteiger partial charge in [-0.2, -0.15) is 0 Å². The van der Waals surface area contributed by atoms with E-state index in [2.05, 4.69) is 52.4 Å². The molecule has 19 heavy (non-hydrogen) atoms. The first-order valence-electron chi connectivity index (χ1n) is 6.42. The molecule has 100 valence electrons. The summed E-state index contributed by atoms with van der Waals surface area (Å²) in [5.41, 5.74) is 2.49. The van der Waals surface area contributed by atoms with Crippen molar-refractivity contribution >= 4 is 27.3 Å². The summed E-state index contributed by atoms with van der Waals surface area (Å²) in [6.07, 6.45) is 0.414. The second-order valence-electron chi connectivity index (χ2n) is 4.98. The lowest BCUT2D eigenvalue weighted by Gasteiger charge is -2.22. The standard InChI is InChI=1S/C15H16BrNOS/c1-9(13-6-7-14(16)19-13)17-15-11-5-3-2-4-10(11)8-12(15)18/h2-7,9,12,15,17-18H,8H2,1H3/t9-,12+,15+/m0/s1. The topological polar surface area (TPSA) is 32.3 Å². The molecule has 4 heteroatoms. The molecule has 3 atom stereocenters. The molecular formula is C15H16BrNOS. The molecule has 1 aliphatic carbocycles. The number of hydrogen-bond acceptors (Lipinski definition) is 3. The number of halogens is 1. The van der Waals surface area contributed by atoms with Gasteiger partial charge >= 0.3 is 0 Å². The fraction of sp³-hybridized carbons (Fsp3) is 0.333. The van der Waals surface area contributed by atoms with Crippen LogP contribution in [0.4, 0.5) is 0 Å². The highest BCUT2D eigenvalue weighted by molar-refractivity contribution is 9.11. The highest BCUT2D eigenvalue weighted by Crippen LogP contribution is 2.34. The third-order valence-electron chi connectivity index (χ3n) is 3.65. The number of aliphatic hydroxyl groups excluding tert-OH is 1. The molecule has 0 aliphatic heterocycles. The summed E-state index contributed by atoms with van der Waals surface area (Å²) >= 11 is 5.23. The van der Waals surface area contributed by atoms with Gasteiger partial charge in [0.1, 0.15) is 0 Å². The van der Waals surface area contributed by atoms with Crippen molar-refractivity contribution in [2.45, 2.75) is 31.5 Å². The van der Waals surface area contributed by atoms with Crippen LogP contribution in [-0.2, 0) is 6.42 Å². The van der Waals surface area contributed by atoms with Crippen molar-refractivity contribution in [1.82, 2.24) is 5.32 Å². The summed E-state index contributed by atoms with van der Waals surface area (Å²) < 4.78 is 1.14. The Bertz CT molecular complexity index is 583. The minimum atomic E-state index is -0.330. The van der Waals surface area contributed by atoms with Gasteiger partial charge in [0.2, 0.25) is 0 Å². The van der Waals surface area contributed by atoms with E-state index in [1.54, 1.807) is 11.3 Å². The second-order valence-corrected chi connectivity index (χ2v) is 7.47. The third kappa shape index (κ3) is 2.63. The predicted molar refractivity (Wildman–Crippen MR) is 82.5 cm³/mol. The van der Waals surface area contributed by atoms with Crippen molar-refractivity contribution in [3.8, 4) is 0 Å². The molecular weight excluding hydrogens is 322 g/mol. The maximum Gasteiger partial charge on any atom is 0.0775 e. The van der Waals surface area contributed by atoms with Crippen LogP contribution in [0, 0.1) is 0 Å². The fourth-order valence-electron chi connectivity index (χ4n) is 2.69. The Labute approximate surface area is 125 Å². The Kier molecular flexibility index (Phi) is 3.76. The van der Waals surface area contributed by atoms with Crippen molar-refractivity contribution in [1.29, 1.82) is 0 Å². The molecule has 0 spiro atoms. The molecule has 2 aromatic rings. The van der Waals surface area contributed by atoms with Gasteiger partial charge in [-0.25, -0.2) is 0 Å². The van der Waals surface area contributed by atoms with Gasteiger partial charge in [-0.1, -0.05) is 24.3 Å². The highest BCUT2D eigenvalue weighted by atomic mass is 79.9. The van der Waals surface area contributed by atoms with E-state index in [0.717, 1.165) is 10.2 Å². The molecule has 0 unspecified atom stereocenters. The summed E-state index contributed by atoms with van der Waals surface area (Å²) in [4.78, 5) is 1.28. The van der Waals surface area contributed by atoms with E-state index in [1.807, 2.05) is 12.1 Å². The van der Waals surface area contributed by atoms with Crippen LogP contribution in [0.1, 0.15) is 35.0 Å². The number of thiophene rings is 1. The van der Waals surface area contributed by atoms with E-state index in [9.17, 15) is 5.11 Å². The molecule has 2 nitrogen and oxygen atoms in total. The first-order chi connectivity index (χ1) is 9.15. The van der Waals surface area contributed by atoms with Crippen molar-refractivity contribution in [2.24, 2.45) is 0 Å². The number of nitrogens with one attached hydrogen (secondary N) is 1. The van der Waals surface area contributed by atoms with Crippen LogP contribution in [0.25, 0.3) is 0 Å². The molecule has 0 radical (unpaired) electrons. The van der Waals surface area contributed by atoms with Gasteiger partial charge in [-0.3, -0.25) is 0 Å². The number of fused-ring (bicyclic) bond motifs is 1. The average Bonchev–Trinajstić information content (AvgIpc) is 2.95. The lowest BCUT2D eigenvalue weighted by molar-refractivity contribution is 0.136. The minimum Gasteiger partial charge on any atom is -0.391 e. The van der Waals surface area contributed by atoms with E-state index in [-0.39, 0.29) is 18.2 Å². The largest absolute Gasteiger partial charge is 0.391 e. The molecule has 0 fully saturated rings. The number of rotatable bonds is 3. The number of aliphatic hydroxyl groups is 1. The van der Waals surface area contributed by atoms with Gasteiger partial charge in [0.15, 0.2) is 0 Å². The lowest BCUT2D eigenvalue weighted by Crippen LogP contribution is -2.30. The molecule has 0 amide bonds. The smallest absolute Gasteiger partial charge is 0.0775 e. The van der Waals surface area contributed by atoms with E-state index in [0.29, 0.717) is 0 Å². The first-order valence-corrected chi connectivity index (χ1v) is 8.03. The van der Waals surface area contributed by atoms with Crippen molar-refractivity contribution in [2.75, 3.05) is 0 Å². The van der Waals surface area contributed by atoms with Crippen molar-refractivity contribution in [3.63, 3.8) is 0 Å². The van der Waals surface area contributed by atoms with Crippen LogP contribution in [0.5, 0.6) is 0 Å². The molecule has 0 bridgehead atoms. The molecule has 0 saturated carbocycles. The summed E-state index contributed by atoms with van der Waals surface area (Å²) in [5.74, 6) is 0. The van der Waals surface area contributed by atoms with Crippen LogP contribution in [0.3, 0.4) is 0 Å². The zero-order chi connectivity index (χ0) is 13.4. The molecule has 0 saturated heterocycles. The van der Waals surface area contributed by atoms with Gasteiger partial charge in [0.25, 0.3) is 0 Å². The van der Waals surface area contributed by atoms with Gasteiger partial charge in [-0.15, -0.1) is 11.3 Å². The van der Waals surface area contributed by atoms with E-state index in [1.165, 1.54) is 16.0 Å². The molecule has 1 aliphatic rings. The molecule has 3 rings (SSSR count). The SMILES string of the molecule is C[C@H](N[C@@H]1c2ccccc2C[C@H]1O)c1ccc(Br)s1. The molecule has 2 N–H and O–H groups in total. The van der Waals surface area contributed by atoms with E-state index < -0.39 is 0 Å². The van der Waals surface area contributed by atoms with Crippen LogP contribution in [0.2, 0.25) is 0 Å². The Morgan fingerprint density at radius 1 is 1.32 bits per heavy atom. The quantitative estimate of drug-likeness (QED) is 0.892. The van der Waals surface area contributed by atoms with E-state index >= 15 is 0 Å². The summed E-state index contributed by atoms with van der Waals surface area (Å²) in [6, 6.07) is 12.8. The lowest BCUT2D eigenvalue weighted by atomic mass is 10.1. The molecule has 1 heterocycles. The normalized spacial score (nSPS) is 23.3. The Hall–Kier alpha value is -0.680.